The van der Waals surface area contributed by atoms with Crippen LogP contribution in [-0.2, 0) is 6.42 Å². The lowest BCUT2D eigenvalue weighted by Crippen LogP contribution is -2.17. The Balaban J connectivity index is 1.69. The molecule has 20 heavy (non-hydrogen) atoms. The number of aromatic nitrogens is 1. The van der Waals surface area contributed by atoms with E-state index in [1.54, 1.807) is 11.3 Å². The number of halogens is 1. The Hall–Kier alpha value is -1.45. The molecule has 0 fully saturated rings. The standard InChI is InChI=1S/C17H12BrNS/c18-15-8-4-3-7-13(15)16-10-20-17(19-16)14-9-11-5-1-2-6-12(11)14/h1-8,10,14H,9H2. The third-order valence-electron chi connectivity index (χ3n) is 3.82. The van der Waals surface area contributed by atoms with Crippen molar-refractivity contribution in [1.82, 2.24) is 4.98 Å². The molecule has 1 unspecified atom stereocenters. The molecule has 0 radical (unpaired) electrons. The van der Waals surface area contributed by atoms with Crippen LogP contribution in [0.25, 0.3) is 11.3 Å². The summed E-state index contributed by atoms with van der Waals surface area (Å²) in [6.07, 6.45) is 1.12. The SMILES string of the molecule is Brc1ccccc1-c1csc(C2Cc3ccccc32)n1. The van der Waals surface area contributed by atoms with Crippen LogP contribution >= 0.6 is 27.3 Å². The van der Waals surface area contributed by atoms with Gasteiger partial charge < -0.3 is 0 Å². The minimum atomic E-state index is 0.493. The summed E-state index contributed by atoms with van der Waals surface area (Å²) in [5.41, 5.74) is 5.15. The summed E-state index contributed by atoms with van der Waals surface area (Å²) in [5, 5.41) is 3.39. The van der Waals surface area contributed by atoms with Gasteiger partial charge >= 0.3 is 0 Å². The first-order chi connectivity index (χ1) is 9.83. The van der Waals surface area contributed by atoms with Gasteiger partial charge in [-0.15, -0.1) is 11.3 Å². The number of benzene rings is 2. The average Bonchev–Trinajstić information content (AvgIpc) is 2.90. The topological polar surface area (TPSA) is 12.9 Å². The van der Waals surface area contributed by atoms with Gasteiger partial charge in [0.25, 0.3) is 0 Å². The van der Waals surface area contributed by atoms with Crippen LogP contribution in [0.2, 0.25) is 0 Å². The van der Waals surface area contributed by atoms with E-state index in [-0.39, 0.29) is 0 Å². The van der Waals surface area contributed by atoms with Gasteiger partial charge in [0.1, 0.15) is 5.01 Å². The summed E-state index contributed by atoms with van der Waals surface area (Å²) in [7, 11) is 0. The molecular weight excluding hydrogens is 330 g/mol. The van der Waals surface area contributed by atoms with Crippen molar-refractivity contribution in [2.45, 2.75) is 12.3 Å². The third kappa shape index (κ3) is 1.93. The molecule has 1 aliphatic rings. The average molecular weight is 342 g/mol. The zero-order chi connectivity index (χ0) is 13.5. The number of hydrogen-bond acceptors (Lipinski definition) is 2. The largest absolute Gasteiger partial charge is 0.241 e. The van der Waals surface area contributed by atoms with E-state index >= 15 is 0 Å². The van der Waals surface area contributed by atoms with E-state index in [0.29, 0.717) is 5.92 Å². The molecule has 1 atom stereocenters. The summed E-state index contributed by atoms with van der Waals surface area (Å²) >= 11 is 5.37. The Labute approximate surface area is 130 Å². The molecule has 0 aliphatic heterocycles. The van der Waals surface area contributed by atoms with E-state index in [2.05, 4.69) is 63.8 Å². The highest BCUT2D eigenvalue weighted by Crippen LogP contribution is 2.42. The van der Waals surface area contributed by atoms with Crippen LogP contribution < -0.4 is 0 Å². The summed E-state index contributed by atoms with van der Waals surface area (Å²) in [6, 6.07) is 16.9. The van der Waals surface area contributed by atoms with Crippen molar-refractivity contribution in [1.29, 1.82) is 0 Å². The minimum absolute atomic E-state index is 0.493. The Morgan fingerprint density at radius 3 is 2.70 bits per heavy atom. The molecule has 98 valence electrons. The molecule has 0 bridgehead atoms. The Kier molecular flexibility index (Phi) is 2.97. The fraction of sp³-hybridized carbons (Fsp3) is 0.118. The summed E-state index contributed by atoms with van der Waals surface area (Å²) in [6.45, 7) is 0. The predicted octanol–water partition coefficient (Wildman–Crippen LogP) is 5.26. The van der Waals surface area contributed by atoms with Crippen LogP contribution in [0.3, 0.4) is 0 Å². The summed E-state index contributed by atoms with van der Waals surface area (Å²) < 4.78 is 1.10. The van der Waals surface area contributed by atoms with Crippen LogP contribution in [0, 0.1) is 0 Å². The van der Waals surface area contributed by atoms with Gasteiger partial charge in [0.05, 0.1) is 5.69 Å². The zero-order valence-electron chi connectivity index (χ0n) is 10.7. The quantitative estimate of drug-likeness (QED) is 0.619. The number of nitrogens with zero attached hydrogens (tertiary/aromatic N) is 1. The lowest BCUT2D eigenvalue weighted by atomic mass is 9.78. The Morgan fingerprint density at radius 1 is 1.05 bits per heavy atom. The lowest BCUT2D eigenvalue weighted by Gasteiger charge is -2.28. The molecule has 0 N–H and O–H groups in total. The molecule has 1 aliphatic carbocycles. The second-order valence-electron chi connectivity index (χ2n) is 5.01. The highest BCUT2D eigenvalue weighted by molar-refractivity contribution is 9.10. The monoisotopic (exact) mass is 341 g/mol. The van der Waals surface area contributed by atoms with Crippen molar-refractivity contribution < 1.29 is 0 Å². The van der Waals surface area contributed by atoms with Crippen molar-refractivity contribution >= 4 is 27.3 Å². The van der Waals surface area contributed by atoms with Crippen molar-refractivity contribution in [2.75, 3.05) is 0 Å². The van der Waals surface area contributed by atoms with Gasteiger partial charge in [0.15, 0.2) is 0 Å². The molecule has 0 spiro atoms. The predicted molar refractivity (Wildman–Crippen MR) is 87.2 cm³/mol. The van der Waals surface area contributed by atoms with Crippen molar-refractivity contribution in [3.8, 4) is 11.3 Å². The molecule has 1 aromatic heterocycles. The normalized spacial score (nSPS) is 16.6. The lowest BCUT2D eigenvalue weighted by molar-refractivity contribution is 0.703. The second kappa shape index (κ2) is 4.83. The highest BCUT2D eigenvalue weighted by Gasteiger charge is 2.29. The van der Waals surface area contributed by atoms with Gasteiger partial charge in [0, 0.05) is 21.3 Å². The zero-order valence-corrected chi connectivity index (χ0v) is 13.1. The summed E-state index contributed by atoms with van der Waals surface area (Å²) in [5.74, 6) is 0.493. The smallest absolute Gasteiger partial charge is 0.101 e. The van der Waals surface area contributed by atoms with E-state index in [9.17, 15) is 0 Å². The second-order valence-corrected chi connectivity index (χ2v) is 6.75. The Bertz CT molecular complexity index is 778. The third-order valence-corrected chi connectivity index (χ3v) is 5.47. The first-order valence-corrected chi connectivity index (χ1v) is 8.28. The van der Waals surface area contributed by atoms with E-state index < -0.39 is 0 Å². The molecule has 4 rings (SSSR count). The molecule has 0 amide bonds. The molecule has 0 saturated carbocycles. The molecule has 3 aromatic rings. The number of thiazole rings is 1. The van der Waals surface area contributed by atoms with Crippen LogP contribution in [0.4, 0.5) is 0 Å². The maximum atomic E-state index is 4.85. The van der Waals surface area contributed by atoms with Crippen LogP contribution in [0.1, 0.15) is 22.1 Å². The number of hydrogen-bond donors (Lipinski definition) is 0. The van der Waals surface area contributed by atoms with E-state index in [4.69, 9.17) is 4.98 Å². The first-order valence-electron chi connectivity index (χ1n) is 6.61. The van der Waals surface area contributed by atoms with Gasteiger partial charge in [-0.25, -0.2) is 4.98 Å². The van der Waals surface area contributed by atoms with Crippen molar-refractivity contribution in [3.05, 3.63) is 74.5 Å². The van der Waals surface area contributed by atoms with Crippen molar-refractivity contribution in [2.24, 2.45) is 0 Å². The van der Waals surface area contributed by atoms with E-state index in [0.717, 1.165) is 16.6 Å². The van der Waals surface area contributed by atoms with Gasteiger partial charge in [-0.3, -0.25) is 0 Å². The van der Waals surface area contributed by atoms with Gasteiger partial charge in [-0.1, -0.05) is 58.4 Å². The number of fused-ring (bicyclic) bond motifs is 1. The van der Waals surface area contributed by atoms with Crippen LogP contribution in [0.5, 0.6) is 0 Å². The van der Waals surface area contributed by atoms with Crippen LogP contribution in [0.15, 0.2) is 58.4 Å². The maximum absolute atomic E-state index is 4.85. The fourth-order valence-electron chi connectivity index (χ4n) is 2.72. The van der Waals surface area contributed by atoms with Gasteiger partial charge in [-0.05, 0) is 23.6 Å². The molecular formula is C17H12BrNS. The van der Waals surface area contributed by atoms with E-state index in [1.165, 1.54) is 21.7 Å². The molecule has 1 nitrogen and oxygen atoms in total. The molecule has 0 saturated heterocycles. The van der Waals surface area contributed by atoms with Gasteiger partial charge in [0.2, 0.25) is 0 Å². The van der Waals surface area contributed by atoms with Crippen LogP contribution in [-0.4, -0.2) is 4.98 Å². The molecule has 2 aromatic carbocycles. The minimum Gasteiger partial charge on any atom is -0.241 e. The van der Waals surface area contributed by atoms with E-state index in [1.807, 2.05) is 6.07 Å². The summed E-state index contributed by atoms with van der Waals surface area (Å²) in [4.78, 5) is 4.85. The first kappa shape index (κ1) is 12.3. The van der Waals surface area contributed by atoms with Crippen molar-refractivity contribution in [3.63, 3.8) is 0 Å². The fourth-order valence-corrected chi connectivity index (χ4v) is 4.15. The highest BCUT2D eigenvalue weighted by atomic mass is 79.9. The molecule has 1 heterocycles. The number of rotatable bonds is 2. The molecule has 3 heteroatoms. The van der Waals surface area contributed by atoms with Gasteiger partial charge in [-0.2, -0.15) is 0 Å². The maximum Gasteiger partial charge on any atom is 0.101 e. The Morgan fingerprint density at radius 2 is 1.85 bits per heavy atom.